The zero-order chi connectivity index (χ0) is 18.7. The molecule has 0 aliphatic rings. The number of fused-ring (bicyclic) bond motifs is 1. The van der Waals surface area contributed by atoms with Crippen LogP contribution in [-0.2, 0) is 17.8 Å². The number of aryl methyl sites for hydroxylation is 3. The summed E-state index contributed by atoms with van der Waals surface area (Å²) in [7, 11) is 0. The second-order valence-electron chi connectivity index (χ2n) is 6.51. The van der Waals surface area contributed by atoms with Gasteiger partial charge in [-0.05, 0) is 55.2 Å². The first kappa shape index (κ1) is 18.3. The summed E-state index contributed by atoms with van der Waals surface area (Å²) < 4.78 is 7.97. The highest BCUT2D eigenvalue weighted by Crippen LogP contribution is 2.26. The Bertz CT molecular complexity index is 923. The van der Waals surface area contributed by atoms with Crippen molar-refractivity contribution in [3.8, 4) is 5.75 Å². The summed E-state index contributed by atoms with van der Waals surface area (Å²) in [5.74, 6) is 0.0121. The van der Waals surface area contributed by atoms with Crippen LogP contribution in [0.15, 0.2) is 42.6 Å². The molecule has 1 N–H and O–H groups in total. The number of carboxylic acid groups (broad SMARTS) is 1. The molecule has 1 heterocycles. The zero-order valence-electron chi connectivity index (χ0n) is 15.0. The van der Waals surface area contributed by atoms with Crippen LogP contribution in [0.5, 0.6) is 5.75 Å². The topological polar surface area (TPSA) is 51.5 Å². The summed E-state index contributed by atoms with van der Waals surface area (Å²) in [6.07, 6.45) is 2.80. The number of ether oxygens (including phenoxy) is 1. The molecule has 0 unspecified atom stereocenters. The third-order valence-electron chi connectivity index (χ3n) is 4.43. The van der Waals surface area contributed by atoms with Gasteiger partial charge in [0, 0.05) is 28.7 Å². The lowest BCUT2D eigenvalue weighted by atomic mass is 10.1. The number of benzene rings is 2. The van der Waals surface area contributed by atoms with Crippen molar-refractivity contribution >= 4 is 28.5 Å². The maximum atomic E-state index is 11.1. The molecule has 0 radical (unpaired) electrons. The van der Waals surface area contributed by atoms with Crippen LogP contribution >= 0.6 is 11.6 Å². The molecule has 0 spiro atoms. The second kappa shape index (κ2) is 7.83. The monoisotopic (exact) mass is 371 g/mol. The molecule has 1 aromatic heterocycles. The third-order valence-corrected chi connectivity index (χ3v) is 5.03. The van der Waals surface area contributed by atoms with Gasteiger partial charge in [0.2, 0.25) is 0 Å². The van der Waals surface area contributed by atoms with Crippen molar-refractivity contribution in [1.29, 1.82) is 0 Å². The lowest BCUT2D eigenvalue weighted by Gasteiger charge is -2.10. The molecule has 0 amide bonds. The second-order valence-corrected chi connectivity index (χ2v) is 6.89. The van der Waals surface area contributed by atoms with Crippen LogP contribution in [0.3, 0.4) is 0 Å². The minimum absolute atomic E-state index is 0.0351. The Kier molecular flexibility index (Phi) is 5.52. The molecule has 3 rings (SSSR count). The molecule has 136 valence electrons. The minimum atomic E-state index is -0.815. The Morgan fingerprint density at radius 3 is 2.58 bits per heavy atom. The third kappa shape index (κ3) is 4.02. The molecule has 0 saturated carbocycles. The first-order valence-electron chi connectivity index (χ1n) is 8.64. The van der Waals surface area contributed by atoms with Gasteiger partial charge in [0.1, 0.15) is 5.75 Å². The molecule has 0 atom stereocenters. The number of para-hydroxylation sites is 1. The number of hydrogen-bond acceptors (Lipinski definition) is 2. The summed E-state index contributed by atoms with van der Waals surface area (Å²) >= 11 is 6.18. The van der Waals surface area contributed by atoms with E-state index in [2.05, 4.69) is 4.57 Å². The summed E-state index contributed by atoms with van der Waals surface area (Å²) in [4.78, 5) is 11.1. The Morgan fingerprint density at radius 1 is 1.19 bits per heavy atom. The van der Waals surface area contributed by atoms with Gasteiger partial charge in [-0.1, -0.05) is 29.8 Å². The standard InChI is InChI=1S/C21H22ClNO3/c1-14-10-17(11-15(2)21(14)22)26-9-5-8-23-13-16(12-20(24)25)18-6-3-4-7-19(18)23/h3-4,6-7,10-11,13H,5,8-9,12H2,1-2H3,(H,24,25). The van der Waals surface area contributed by atoms with Crippen LogP contribution in [0.25, 0.3) is 10.9 Å². The molecule has 2 aromatic carbocycles. The summed E-state index contributed by atoms with van der Waals surface area (Å²) in [6, 6.07) is 11.8. The van der Waals surface area contributed by atoms with Crippen LogP contribution < -0.4 is 4.74 Å². The van der Waals surface area contributed by atoms with Gasteiger partial charge in [0.05, 0.1) is 13.0 Å². The number of carboxylic acids is 1. The normalized spacial score (nSPS) is 11.0. The summed E-state index contributed by atoms with van der Waals surface area (Å²) in [6.45, 7) is 5.29. The van der Waals surface area contributed by atoms with Crippen molar-refractivity contribution in [3.05, 3.63) is 64.3 Å². The predicted octanol–water partition coefficient (Wildman–Crippen LogP) is 5.01. The van der Waals surface area contributed by atoms with E-state index in [-0.39, 0.29) is 6.42 Å². The van der Waals surface area contributed by atoms with E-state index in [1.807, 2.05) is 56.4 Å². The van der Waals surface area contributed by atoms with Gasteiger partial charge in [0.25, 0.3) is 0 Å². The number of halogens is 1. The van der Waals surface area contributed by atoms with Crippen LogP contribution in [0.4, 0.5) is 0 Å². The molecule has 4 nitrogen and oxygen atoms in total. The van der Waals surface area contributed by atoms with Gasteiger partial charge in [-0.3, -0.25) is 4.79 Å². The van der Waals surface area contributed by atoms with Gasteiger partial charge in [-0.2, -0.15) is 0 Å². The molecule has 5 heteroatoms. The first-order valence-corrected chi connectivity index (χ1v) is 9.01. The number of aliphatic carboxylic acids is 1. The molecular formula is C21H22ClNO3. The van der Waals surface area contributed by atoms with Crippen molar-refractivity contribution in [2.24, 2.45) is 0 Å². The lowest BCUT2D eigenvalue weighted by Crippen LogP contribution is -2.04. The van der Waals surface area contributed by atoms with Crippen molar-refractivity contribution in [1.82, 2.24) is 4.57 Å². The van der Waals surface area contributed by atoms with E-state index in [0.29, 0.717) is 6.61 Å². The molecule has 0 saturated heterocycles. The fourth-order valence-electron chi connectivity index (χ4n) is 3.23. The quantitative estimate of drug-likeness (QED) is 0.594. The Morgan fingerprint density at radius 2 is 1.88 bits per heavy atom. The maximum absolute atomic E-state index is 11.1. The average molecular weight is 372 g/mol. The number of carbonyl (C=O) groups is 1. The highest BCUT2D eigenvalue weighted by atomic mass is 35.5. The number of hydrogen-bond donors (Lipinski definition) is 1. The molecule has 26 heavy (non-hydrogen) atoms. The van der Waals surface area contributed by atoms with Crippen LogP contribution in [0.2, 0.25) is 5.02 Å². The average Bonchev–Trinajstić information content (AvgIpc) is 2.94. The van der Waals surface area contributed by atoms with Crippen molar-refractivity contribution in [2.45, 2.75) is 33.2 Å². The van der Waals surface area contributed by atoms with Gasteiger partial charge < -0.3 is 14.4 Å². The summed E-state index contributed by atoms with van der Waals surface area (Å²) in [5, 5.41) is 10.9. The van der Waals surface area contributed by atoms with Crippen LogP contribution in [-0.4, -0.2) is 22.2 Å². The van der Waals surface area contributed by atoms with E-state index >= 15 is 0 Å². The van der Waals surface area contributed by atoms with Crippen molar-refractivity contribution < 1.29 is 14.6 Å². The Hall–Kier alpha value is -2.46. The largest absolute Gasteiger partial charge is 0.494 e. The van der Waals surface area contributed by atoms with E-state index in [9.17, 15) is 4.79 Å². The fraction of sp³-hybridized carbons (Fsp3) is 0.286. The molecule has 0 bridgehead atoms. The molecule has 0 aliphatic heterocycles. The van der Waals surface area contributed by atoms with E-state index in [1.165, 1.54) is 0 Å². The summed E-state index contributed by atoms with van der Waals surface area (Å²) in [5.41, 5.74) is 3.92. The first-order chi connectivity index (χ1) is 12.5. The Labute approximate surface area is 158 Å². The van der Waals surface area contributed by atoms with Crippen LogP contribution in [0.1, 0.15) is 23.1 Å². The van der Waals surface area contributed by atoms with Crippen LogP contribution in [0, 0.1) is 13.8 Å². The zero-order valence-corrected chi connectivity index (χ0v) is 15.7. The molecular weight excluding hydrogens is 350 g/mol. The highest BCUT2D eigenvalue weighted by Gasteiger charge is 2.11. The lowest BCUT2D eigenvalue weighted by molar-refractivity contribution is -0.136. The van der Waals surface area contributed by atoms with Gasteiger partial charge >= 0.3 is 5.97 Å². The smallest absolute Gasteiger partial charge is 0.307 e. The highest BCUT2D eigenvalue weighted by molar-refractivity contribution is 6.32. The van der Waals surface area contributed by atoms with E-state index in [0.717, 1.165) is 51.3 Å². The number of nitrogens with zero attached hydrogens (tertiary/aromatic N) is 1. The molecule has 0 fully saturated rings. The number of aromatic nitrogens is 1. The fourth-order valence-corrected chi connectivity index (χ4v) is 3.34. The maximum Gasteiger partial charge on any atom is 0.307 e. The van der Waals surface area contributed by atoms with Gasteiger partial charge in [0.15, 0.2) is 0 Å². The number of rotatable bonds is 7. The molecule has 3 aromatic rings. The van der Waals surface area contributed by atoms with Crippen molar-refractivity contribution in [3.63, 3.8) is 0 Å². The van der Waals surface area contributed by atoms with Crippen molar-refractivity contribution in [2.75, 3.05) is 6.61 Å². The van der Waals surface area contributed by atoms with E-state index in [1.54, 1.807) is 0 Å². The SMILES string of the molecule is Cc1cc(OCCCn2cc(CC(=O)O)c3ccccc32)cc(C)c1Cl. The van der Waals surface area contributed by atoms with E-state index < -0.39 is 5.97 Å². The Balaban J connectivity index is 1.66. The van der Waals surface area contributed by atoms with E-state index in [4.69, 9.17) is 21.4 Å². The minimum Gasteiger partial charge on any atom is -0.494 e. The van der Waals surface area contributed by atoms with Gasteiger partial charge in [-0.25, -0.2) is 0 Å². The van der Waals surface area contributed by atoms with Gasteiger partial charge in [-0.15, -0.1) is 0 Å². The predicted molar refractivity (Wildman–Crippen MR) is 104 cm³/mol. The molecule has 0 aliphatic carbocycles.